The van der Waals surface area contributed by atoms with Crippen LogP contribution in [0, 0.1) is 5.82 Å². The molecular weight excluding hydrogens is 583 g/mol. The first-order chi connectivity index (χ1) is 19.1. The summed E-state index contributed by atoms with van der Waals surface area (Å²) in [6, 6.07) is 9.04. The van der Waals surface area contributed by atoms with Crippen LogP contribution in [0.5, 0.6) is 0 Å². The fourth-order valence-electron chi connectivity index (χ4n) is 4.56. The number of nitrogens with zero attached hydrogens (tertiary/aromatic N) is 2. The van der Waals surface area contributed by atoms with Crippen molar-refractivity contribution in [3.05, 3.63) is 89.5 Å². The number of rotatable bonds is 7. The van der Waals surface area contributed by atoms with Gasteiger partial charge in [-0.25, -0.2) is 12.8 Å². The van der Waals surface area contributed by atoms with Crippen LogP contribution in [0.15, 0.2) is 71.8 Å². The number of carbonyl (C=O) groups excluding carboxylic acids is 1. The summed E-state index contributed by atoms with van der Waals surface area (Å²) in [6.07, 6.45) is -11.6. The highest BCUT2D eigenvalue weighted by atomic mass is 32.2. The zero-order valence-corrected chi connectivity index (χ0v) is 21.7. The van der Waals surface area contributed by atoms with Gasteiger partial charge in [0.25, 0.3) is 15.6 Å². The summed E-state index contributed by atoms with van der Waals surface area (Å²) >= 11 is 0. The third-order valence-electron chi connectivity index (χ3n) is 6.62. The smallest absolute Gasteiger partial charge is 0.369 e. The third kappa shape index (κ3) is 5.86. The predicted octanol–water partition coefficient (Wildman–Crippen LogP) is 4.75. The number of hydrogen-bond donors (Lipinski definition) is 2. The SMILES string of the molecule is O=C(CC1CCc2cc(C(O)(C(F)(F)F)C(F)(F)F)ccc2N1S(=O)(=O)c1ccc(F)cc1)NCc1ccccn1. The van der Waals surface area contributed by atoms with Crippen molar-refractivity contribution in [1.82, 2.24) is 10.3 Å². The second-order valence-electron chi connectivity index (χ2n) is 9.30. The van der Waals surface area contributed by atoms with Crippen molar-refractivity contribution in [3.8, 4) is 0 Å². The zero-order chi connectivity index (χ0) is 30.2. The number of anilines is 1. The molecule has 1 atom stereocenters. The molecule has 1 aliphatic heterocycles. The topological polar surface area (TPSA) is 99.6 Å². The quantitative estimate of drug-likeness (QED) is 0.379. The Hall–Kier alpha value is -3.72. The number of sulfonamides is 1. The lowest BCUT2D eigenvalue weighted by Crippen LogP contribution is -2.54. The first-order valence-corrected chi connectivity index (χ1v) is 13.5. The van der Waals surface area contributed by atoms with Crippen LogP contribution in [0.2, 0.25) is 0 Å². The largest absolute Gasteiger partial charge is 0.430 e. The number of pyridine rings is 1. The van der Waals surface area contributed by atoms with E-state index in [4.69, 9.17) is 0 Å². The van der Waals surface area contributed by atoms with Gasteiger partial charge in [0.15, 0.2) is 0 Å². The van der Waals surface area contributed by atoms with Gasteiger partial charge in [-0.3, -0.25) is 14.1 Å². The van der Waals surface area contributed by atoms with Crippen LogP contribution >= 0.6 is 0 Å². The molecule has 0 bridgehead atoms. The van der Waals surface area contributed by atoms with Gasteiger partial charge < -0.3 is 10.4 Å². The molecule has 1 amide bonds. The van der Waals surface area contributed by atoms with E-state index in [9.17, 15) is 49.1 Å². The lowest BCUT2D eigenvalue weighted by Gasteiger charge is -2.39. The molecule has 41 heavy (non-hydrogen) atoms. The number of halogens is 7. The number of aryl methyl sites for hydroxylation is 1. The normalized spacial score (nSPS) is 16.3. The van der Waals surface area contributed by atoms with E-state index in [0.717, 1.165) is 34.6 Å². The van der Waals surface area contributed by atoms with Crippen molar-refractivity contribution >= 4 is 21.6 Å². The fraction of sp³-hybridized carbons (Fsp3) is 0.308. The molecule has 0 fully saturated rings. The first kappa shape index (κ1) is 30.2. The minimum atomic E-state index is -6.14. The van der Waals surface area contributed by atoms with Crippen LogP contribution < -0.4 is 9.62 Å². The molecule has 0 aliphatic carbocycles. The Labute approximate surface area is 229 Å². The van der Waals surface area contributed by atoms with E-state index in [2.05, 4.69) is 10.3 Å². The Kier molecular flexibility index (Phi) is 8.06. The average molecular weight is 606 g/mol. The highest BCUT2D eigenvalue weighted by Crippen LogP contribution is 2.51. The number of aromatic nitrogens is 1. The molecule has 0 spiro atoms. The summed E-state index contributed by atoms with van der Waals surface area (Å²) in [7, 11) is -4.59. The highest BCUT2D eigenvalue weighted by molar-refractivity contribution is 7.92. The van der Waals surface area contributed by atoms with E-state index in [1.807, 2.05) is 0 Å². The van der Waals surface area contributed by atoms with Crippen molar-refractivity contribution in [2.45, 2.75) is 54.7 Å². The van der Waals surface area contributed by atoms with Crippen LogP contribution in [0.25, 0.3) is 0 Å². The van der Waals surface area contributed by atoms with E-state index < -0.39 is 62.6 Å². The maximum atomic E-state index is 13.7. The monoisotopic (exact) mass is 605 g/mol. The van der Waals surface area contributed by atoms with E-state index >= 15 is 0 Å². The molecule has 1 aromatic heterocycles. The van der Waals surface area contributed by atoms with Crippen LogP contribution in [0.1, 0.15) is 29.7 Å². The molecule has 3 aromatic rings. The molecule has 2 N–H and O–H groups in total. The molecule has 4 rings (SSSR count). The van der Waals surface area contributed by atoms with E-state index in [-0.39, 0.29) is 30.6 Å². The highest BCUT2D eigenvalue weighted by Gasteiger charge is 2.71. The number of hydrogen-bond acceptors (Lipinski definition) is 5. The van der Waals surface area contributed by atoms with Crippen LogP contribution in [0.3, 0.4) is 0 Å². The molecular formula is C26H22F7N3O4S. The summed E-state index contributed by atoms with van der Waals surface area (Å²) in [6.45, 7) is 0.0184. The minimum Gasteiger partial charge on any atom is -0.369 e. The minimum absolute atomic E-state index is 0.0184. The maximum absolute atomic E-state index is 13.7. The molecule has 7 nitrogen and oxygen atoms in total. The van der Waals surface area contributed by atoms with Crippen molar-refractivity contribution < 1.29 is 49.1 Å². The molecule has 15 heteroatoms. The summed E-state index contributed by atoms with van der Waals surface area (Å²) in [4.78, 5) is 16.4. The van der Waals surface area contributed by atoms with Crippen LogP contribution in [-0.2, 0) is 33.4 Å². The second-order valence-corrected chi connectivity index (χ2v) is 11.1. The molecule has 220 valence electrons. The van der Waals surface area contributed by atoms with Gasteiger partial charge in [-0.05, 0) is 60.9 Å². The molecule has 1 aliphatic rings. The lowest BCUT2D eigenvalue weighted by molar-refractivity contribution is -0.376. The lowest BCUT2D eigenvalue weighted by atomic mass is 9.87. The Balaban J connectivity index is 1.74. The van der Waals surface area contributed by atoms with Crippen molar-refractivity contribution in [2.24, 2.45) is 0 Å². The molecule has 0 saturated carbocycles. The number of benzene rings is 2. The van der Waals surface area contributed by atoms with Crippen molar-refractivity contribution in [1.29, 1.82) is 0 Å². The van der Waals surface area contributed by atoms with Crippen molar-refractivity contribution in [2.75, 3.05) is 4.31 Å². The van der Waals surface area contributed by atoms with Crippen LogP contribution in [0.4, 0.5) is 36.4 Å². The summed E-state index contributed by atoms with van der Waals surface area (Å²) in [5.74, 6) is -1.35. The van der Waals surface area contributed by atoms with Crippen LogP contribution in [-0.4, -0.2) is 42.8 Å². The Morgan fingerprint density at radius 1 is 1.00 bits per heavy atom. The van der Waals surface area contributed by atoms with E-state index in [1.165, 1.54) is 6.20 Å². The molecule has 2 aromatic carbocycles. The molecule has 2 heterocycles. The summed E-state index contributed by atoms with van der Waals surface area (Å²) < 4.78 is 123. The van der Waals surface area contributed by atoms with Gasteiger partial charge in [0.05, 0.1) is 28.9 Å². The van der Waals surface area contributed by atoms with Gasteiger partial charge in [0, 0.05) is 18.2 Å². The zero-order valence-electron chi connectivity index (χ0n) is 20.9. The van der Waals surface area contributed by atoms with E-state index in [1.54, 1.807) is 18.2 Å². The van der Waals surface area contributed by atoms with Gasteiger partial charge >= 0.3 is 12.4 Å². The predicted molar refractivity (Wildman–Crippen MR) is 131 cm³/mol. The number of amides is 1. The number of carbonyl (C=O) groups is 1. The number of aliphatic hydroxyl groups is 1. The van der Waals surface area contributed by atoms with Gasteiger partial charge in [-0.2, -0.15) is 26.3 Å². The standard InChI is InChI=1S/C26H22F7N3O4S/c27-18-6-9-21(10-7-18)41(39,40)36-20(14-23(37)35-15-19-3-1-2-12-34-19)8-4-16-13-17(5-11-22(16)36)24(38,25(28,29)30)26(31,32)33/h1-3,5-7,9-13,20,38H,4,8,14-15H2,(H,35,37). The first-order valence-electron chi connectivity index (χ1n) is 12.0. The van der Waals surface area contributed by atoms with Gasteiger partial charge in [-0.15, -0.1) is 0 Å². The number of fused-ring (bicyclic) bond motifs is 1. The van der Waals surface area contributed by atoms with Gasteiger partial charge in [0.2, 0.25) is 5.91 Å². The number of alkyl halides is 6. The Bertz CT molecular complexity index is 1500. The third-order valence-corrected chi connectivity index (χ3v) is 8.50. The summed E-state index contributed by atoms with van der Waals surface area (Å²) in [5.41, 5.74) is -6.75. The molecule has 1 unspecified atom stereocenters. The molecule has 0 radical (unpaired) electrons. The number of nitrogens with one attached hydrogen (secondary N) is 1. The second kappa shape index (κ2) is 10.9. The summed E-state index contributed by atoms with van der Waals surface area (Å²) in [5, 5.41) is 12.4. The molecule has 0 saturated heterocycles. The van der Waals surface area contributed by atoms with Crippen molar-refractivity contribution in [3.63, 3.8) is 0 Å². The Morgan fingerprint density at radius 2 is 1.66 bits per heavy atom. The van der Waals surface area contributed by atoms with Gasteiger partial charge in [-0.1, -0.05) is 18.2 Å². The van der Waals surface area contributed by atoms with Gasteiger partial charge in [0.1, 0.15) is 5.82 Å². The maximum Gasteiger partial charge on any atom is 0.430 e. The van der Waals surface area contributed by atoms with E-state index in [0.29, 0.717) is 17.8 Å². The average Bonchev–Trinajstić information content (AvgIpc) is 2.90. The fourth-order valence-corrected chi connectivity index (χ4v) is 6.28. The Morgan fingerprint density at radius 3 is 2.24 bits per heavy atom.